The topological polar surface area (TPSA) is 23.8 Å². The molecule has 14 heavy (non-hydrogen) atoms. The van der Waals surface area contributed by atoms with Gasteiger partial charge in [-0.15, -0.1) is 0 Å². The Bertz CT molecular complexity index is 216. The first-order chi connectivity index (χ1) is 6.83. The van der Waals surface area contributed by atoms with Crippen molar-refractivity contribution in [2.45, 2.75) is 58.3 Å². The molecule has 1 saturated carbocycles. The highest BCUT2D eigenvalue weighted by Gasteiger charge is 2.28. The number of rotatable bonds is 4. The zero-order valence-electron chi connectivity index (χ0n) is 9.26. The van der Waals surface area contributed by atoms with Gasteiger partial charge in [0.15, 0.2) is 0 Å². The van der Waals surface area contributed by atoms with E-state index >= 15 is 0 Å². The zero-order valence-corrected chi connectivity index (χ0v) is 9.26. The maximum absolute atomic E-state index is 8.86. The molecule has 1 rings (SSSR count). The number of allylic oxidation sites excluding steroid dienone is 2. The van der Waals surface area contributed by atoms with Gasteiger partial charge in [-0.25, -0.2) is 0 Å². The summed E-state index contributed by atoms with van der Waals surface area (Å²) in [5.74, 6) is 0. The highest BCUT2D eigenvalue weighted by Crippen LogP contribution is 2.40. The average molecular weight is 191 g/mol. The highest BCUT2D eigenvalue weighted by atomic mass is 14.3. The standard InChI is InChI=1S/C13H21N/c1-2-3-5-8-13(11-12-14)9-6-4-7-10-13/h5,8H,2-4,6-7,9-11H2,1H3. The van der Waals surface area contributed by atoms with Crippen molar-refractivity contribution in [1.82, 2.24) is 0 Å². The van der Waals surface area contributed by atoms with Crippen molar-refractivity contribution in [3.63, 3.8) is 0 Å². The Kier molecular flexibility index (Phi) is 4.73. The summed E-state index contributed by atoms with van der Waals surface area (Å²) in [5.41, 5.74) is 0.238. The number of hydrogen-bond acceptors (Lipinski definition) is 1. The van der Waals surface area contributed by atoms with Gasteiger partial charge in [0.05, 0.1) is 6.07 Å². The Morgan fingerprint density at radius 2 is 2.00 bits per heavy atom. The zero-order chi connectivity index (χ0) is 10.3. The molecule has 0 heterocycles. The number of hydrogen-bond donors (Lipinski definition) is 0. The maximum atomic E-state index is 8.86. The van der Waals surface area contributed by atoms with Crippen molar-refractivity contribution in [1.29, 1.82) is 5.26 Å². The second-order valence-electron chi connectivity index (χ2n) is 4.45. The van der Waals surface area contributed by atoms with E-state index in [2.05, 4.69) is 25.1 Å². The Balaban J connectivity index is 2.56. The van der Waals surface area contributed by atoms with Crippen LogP contribution in [0.15, 0.2) is 12.2 Å². The summed E-state index contributed by atoms with van der Waals surface area (Å²) in [5, 5.41) is 8.86. The summed E-state index contributed by atoms with van der Waals surface area (Å²) < 4.78 is 0. The van der Waals surface area contributed by atoms with Gasteiger partial charge in [0.2, 0.25) is 0 Å². The van der Waals surface area contributed by atoms with Crippen molar-refractivity contribution < 1.29 is 0 Å². The van der Waals surface area contributed by atoms with Gasteiger partial charge in [0.25, 0.3) is 0 Å². The van der Waals surface area contributed by atoms with Crippen molar-refractivity contribution >= 4 is 0 Å². The first-order valence-corrected chi connectivity index (χ1v) is 5.88. The molecule has 0 saturated heterocycles. The fourth-order valence-electron chi connectivity index (χ4n) is 2.32. The van der Waals surface area contributed by atoms with Gasteiger partial charge in [-0.3, -0.25) is 0 Å². The van der Waals surface area contributed by atoms with Crippen LogP contribution in [0.2, 0.25) is 0 Å². The van der Waals surface area contributed by atoms with Crippen LogP contribution in [0.4, 0.5) is 0 Å². The normalized spacial score (nSPS) is 20.9. The van der Waals surface area contributed by atoms with Crippen LogP contribution < -0.4 is 0 Å². The third kappa shape index (κ3) is 3.18. The Labute approximate surface area is 87.8 Å². The van der Waals surface area contributed by atoms with Gasteiger partial charge < -0.3 is 0 Å². The molecule has 0 unspecified atom stereocenters. The van der Waals surface area contributed by atoms with E-state index in [1.54, 1.807) is 0 Å². The van der Waals surface area contributed by atoms with Crippen LogP contribution >= 0.6 is 0 Å². The van der Waals surface area contributed by atoms with E-state index in [1.165, 1.54) is 38.5 Å². The summed E-state index contributed by atoms with van der Waals surface area (Å²) >= 11 is 0. The molecule has 0 aromatic carbocycles. The molecular weight excluding hydrogens is 170 g/mol. The van der Waals surface area contributed by atoms with Crippen LogP contribution in [0.1, 0.15) is 58.3 Å². The second kappa shape index (κ2) is 5.86. The number of unbranched alkanes of at least 4 members (excludes halogenated alkanes) is 1. The number of nitrogens with zero attached hydrogens (tertiary/aromatic N) is 1. The van der Waals surface area contributed by atoms with E-state index in [1.807, 2.05) is 0 Å². The van der Waals surface area contributed by atoms with Gasteiger partial charge in [-0.2, -0.15) is 5.26 Å². The van der Waals surface area contributed by atoms with Crippen LogP contribution in [0, 0.1) is 16.7 Å². The Hall–Kier alpha value is -0.770. The molecule has 0 atom stereocenters. The SMILES string of the molecule is CCCC=CC1(CC#N)CCCCC1. The Morgan fingerprint density at radius 3 is 2.57 bits per heavy atom. The van der Waals surface area contributed by atoms with E-state index in [-0.39, 0.29) is 5.41 Å². The van der Waals surface area contributed by atoms with E-state index in [0.29, 0.717) is 6.42 Å². The molecule has 78 valence electrons. The quantitative estimate of drug-likeness (QED) is 0.611. The molecule has 1 nitrogen and oxygen atoms in total. The van der Waals surface area contributed by atoms with Gasteiger partial charge >= 0.3 is 0 Å². The minimum absolute atomic E-state index is 0.238. The van der Waals surface area contributed by atoms with E-state index in [4.69, 9.17) is 5.26 Å². The second-order valence-corrected chi connectivity index (χ2v) is 4.45. The van der Waals surface area contributed by atoms with Crippen molar-refractivity contribution in [3.05, 3.63) is 12.2 Å². The van der Waals surface area contributed by atoms with Crippen LogP contribution in [0.5, 0.6) is 0 Å². The molecule has 1 aliphatic rings. The molecule has 0 radical (unpaired) electrons. The molecule has 0 aromatic rings. The summed E-state index contributed by atoms with van der Waals surface area (Å²) in [6, 6.07) is 2.35. The molecule has 0 aromatic heterocycles. The summed E-state index contributed by atoms with van der Waals surface area (Å²) in [6.07, 6.45) is 14.1. The van der Waals surface area contributed by atoms with Crippen molar-refractivity contribution in [2.24, 2.45) is 5.41 Å². The summed E-state index contributed by atoms with van der Waals surface area (Å²) in [4.78, 5) is 0. The van der Waals surface area contributed by atoms with E-state index < -0.39 is 0 Å². The third-order valence-electron chi connectivity index (χ3n) is 3.21. The molecular formula is C13H21N. The fraction of sp³-hybridized carbons (Fsp3) is 0.769. The molecule has 0 spiro atoms. The van der Waals surface area contributed by atoms with Crippen LogP contribution in [0.3, 0.4) is 0 Å². The van der Waals surface area contributed by atoms with Gasteiger partial charge in [-0.1, -0.05) is 44.8 Å². The van der Waals surface area contributed by atoms with Crippen LogP contribution in [-0.4, -0.2) is 0 Å². The lowest BCUT2D eigenvalue weighted by atomic mass is 9.72. The largest absolute Gasteiger partial charge is 0.198 e. The molecule has 0 amide bonds. The lowest BCUT2D eigenvalue weighted by Crippen LogP contribution is -2.20. The van der Waals surface area contributed by atoms with Crippen molar-refractivity contribution in [2.75, 3.05) is 0 Å². The van der Waals surface area contributed by atoms with Gasteiger partial charge in [0.1, 0.15) is 0 Å². The fourth-order valence-corrected chi connectivity index (χ4v) is 2.32. The van der Waals surface area contributed by atoms with Crippen LogP contribution in [0.25, 0.3) is 0 Å². The predicted molar refractivity (Wildman–Crippen MR) is 59.8 cm³/mol. The van der Waals surface area contributed by atoms with Gasteiger partial charge in [0, 0.05) is 11.8 Å². The van der Waals surface area contributed by atoms with Crippen LogP contribution in [-0.2, 0) is 0 Å². The summed E-state index contributed by atoms with van der Waals surface area (Å²) in [7, 11) is 0. The van der Waals surface area contributed by atoms with E-state index in [0.717, 1.165) is 6.42 Å². The minimum Gasteiger partial charge on any atom is -0.198 e. The first kappa shape index (κ1) is 11.3. The lowest BCUT2D eigenvalue weighted by molar-refractivity contribution is 0.262. The molecule has 1 aliphatic carbocycles. The van der Waals surface area contributed by atoms with E-state index in [9.17, 15) is 0 Å². The highest BCUT2D eigenvalue weighted by molar-refractivity contribution is 5.05. The monoisotopic (exact) mass is 191 g/mol. The first-order valence-electron chi connectivity index (χ1n) is 5.88. The Morgan fingerprint density at radius 1 is 1.29 bits per heavy atom. The third-order valence-corrected chi connectivity index (χ3v) is 3.21. The smallest absolute Gasteiger partial charge is 0.0630 e. The van der Waals surface area contributed by atoms with Gasteiger partial charge in [-0.05, 0) is 19.3 Å². The molecule has 1 fully saturated rings. The summed E-state index contributed by atoms with van der Waals surface area (Å²) in [6.45, 7) is 2.20. The maximum Gasteiger partial charge on any atom is 0.0630 e. The van der Waals surface area contributed by atoms with Crippen molar-refractivity contribution in [3.8, 4) is 6.07 Å². The molecule has 0 N–H and O–H groups in total. The lowest BCUT2D eigenvalue weighted by Gasteiger charge is -2.32. The minimum atomic E-state index is 0.238. The average Bonchev–Trinajstić information content (AvgIpc) is 2.20. The predicted octanol–water partition coefficient (Wildman–Crippen LogP) is 4.21. The molecule has 0 aliphatic heterocycles. The molecule has 0 bridgehead atoms. The number of nitriles is 1. The molecule has 1 heteroatoms.